The number of benzene rings is 6. The van der Waals surface area contributed by atoms with Gasteiger partial charge < -0.3 is 5.11 Å². The first-order valence-corrected chi connectivity index (χ1v) is 17.2. The van der Waals surface area contributed by atoms with E-state index in [0.717, 1.165) is 16.7 Å². The Kier molecular flexibility index (Phi) is 6.92. The normalized spacial score (nSPS) is 14.6. The molecule has 0 atom stereocenters. The zero-order valence-electron chi connectivity index (χ0n) is 41.3. The number of rotatable bonds is 6. The Balaban J connectivity index is 0.00000630. The van der Waals surface area contributed by atoms with Gasteiger partial charge in [-0.05, 0) is 84.2 Å². The van der Waals surface area contributed by atoms with E-state index in [9.17, 15) is 6.48 Å². The molecule has 8 rings (SSSR count). The van der Waals surface area contributed by atoms with Gasteiger partial charge >= 0.3 is 0 Å². The molecule has 270 valence electrons. The molecule has 2 heterocycles. The first kappa shape index (κ1) is 25.4. The minimum absolute atomic E-state index is 0. The van der Waals surface area contributed by atoms with E-state index in [4.69, 9.17) is 18.7 Å². The minimum atomic E-state index is -2.39. The third-order valence-corrected chi connectivity index (χ3v) is 9.32. The maximum absolute atomic E-state index is 11.7. The quantitative estimate of drug-likeness (QED) is 0.169. The Morgan fingerprint density at radius 2 is 1.50 bits per heavy atom. The fourth-order valence-corrected chi connectivity index (χ4v) is 6.67. The van der Waals surface area contributed by atoms with Crippen molar-refractivity contribution in [3.8, 4) is 67.5 Å². The predicted octanol–water partition coefficient (Wildman–Crippen LogP) is 12.5. The summed E-state index contributed by atoms with van der Waals surface area (Å²) in [5, 5.41) is 11.7. The summed E-state index contributed by atoms with van der Waals surface area (Å²) in [5.74, 6) is 0.418. The topological polar surface area (TPSA) is 50.9 Å². The second-order valence-electron chi connectivity index (χ2n) is 14.2. The van der Waals surface area contributed by atoms with Gasteiger partial charge in [-0.1, -0.05) is 128 Å². The molecule has 4 nitrogen and oxygen atoms in total. The van der Waals surface area contributed by atoms with Crippen molar-refractivity contribution in [2.45, 2.75) is 46.9 Å². The number of aryl methyl sites for hydroxylation is 3. The van der Waals surface area contributed by atoms with Crippen LogP contribution in [0, 0.1) is 26.8 Å². The van der Waals surface area contributed by atoms with Gasteiger partial charge in [0.1, 0.15) is 11.6 Å². The zero-order valence-corrected chi connectivity index (χ0v) is 32.5. The molecule has 0 fully saturated rings. The Morgan fingerprint density at radius 1 is 0.741 bits per heavy atom. The van der Waals surface area contributed by atoms with Crippen LogP contribution in [0.15, 0.2) is 139 Å². The molecule has 0 aliphatic rings. The van der Waals surface area contributed by atoms with Crippen molar-refractivity contribution in [3.05, 3.63) is 168 Å². The van der Waals surface area contributed by atoms with Crippen molar-refractivity contribution in [1.82, 2.24) is 14.5 Å². The van der Waals surface area contributed by atoms with E-state index < -0.39 is 60.7 Å². The molecule has 0 unspecified atom stereocenters. The molecule has 0 saturated heterocycles. The van der Waals surface area contributed by atoms with Gasteiger partial charge in [-0.2, -0.15) is 0 Å². The van der Waals surface area contributed by atoms with Crippen LogP contribution in [-0.2, 0) is 26.5 Å². The molecule has 0 bridgehead atoms. The number of imidazole rings is 1. The van der Waals surface area contributed by atoms with Crippen LogP contribution in [0.2, 0.25) is 0 Å². The van der Waals surface area contributed by atoms with E-state index >= 15 is 0 Å². The van der Waals surface area contributed by atoms with Gasteiger partial charge in [0.25, 0.3) is 0 Å². The molecule has 0 amide bonds. The smallest absolute Gasteiger partial charge is 0.148 e. The van der Waals surface area contributed by atoms with Gasteiger partial charge in [0, 0.05) is 42.6 Å². The van der Waals surface area contributed by atoms with Crippen molar-refractivity contribution in [2.24, 2.45) is 0 Å². The summed E-state index contributed by atoms with van der Waals surface area (Å²) in [7, 11) is 0. The Labute approximate surface area is 348 Å². The average molecular weight is 895 g/mol. The minimum Gasteiger partial charge on any atom is -0.507 e. The standard InChI is InChI=1S/C49H42N3O.Pt/c1-31-20-21-44(41(25-31)35-16-11-8-12-17-35)52-45-19-13-18-40(46(45)51-48(52)42-26-32(2)24-33(3)47(42)53)37-27-38(29-39(28-37)49(4,5)6)43-30-36(22-23-50-43)34-14-9-7-10-15-34;/h7-26,28-30,53H,1-6H3;/q-1;/i1D3,7D,9D,10D,14D,15D,22D,23D,30D;. The summed E-state index contributed by atoms with van der Waals surface area (Å²) in [6, 6.07) is 26.9. The molecule has 0 aliphatic heterocycles. The van der Waals surface area contributed by atoms with Crippen LogP contribution in [-0.4, -0.2) is 19.6 Å². The number of nitrogens with zero attached hydrogens (tertiary/aromatic N) is 3. The van der Waals surface area contributed by atoms with Crippen molar-refractivity contribution >= 4 is 11.0 Å². The number of fused-ring (bicyclic) bond motifs is 1. The number of hydrogen-bond donors (Lipinski definition) is 1. The largest absolute Gasteiger partial charge is 0.507 e. The number of para-hydroxylation sites is 1. The maximum atomic E-state index is 11.7. The average Bonchev–Trinajstić information content (AvgIpc) is 3.64. The number of pyridine rings is 1. The summed E-state index contributed by atoms with van der Waals surface area (Å²) in [6.07, 6.45) is -0.554. The molecular weight excluding hydrogens is 842 g/mol. The van der Waals surface area contributed by atoms with Crippen molar-refractivity contribution in [2.75, 3.05) is 0 Å². The Hall–Kier alpha value is -5.57. The number of hydrogen-bond acceptors (Lipinski definition) is 3. The summed E-state index contributed by atoms with van der Waals surface area (Å²) < 4.78 is 95.6. The monoisotopic (exact) mass is 894 g/mol. The zero-order chi connectivity index (χ0) is 46.3. The van der Waals surface area contributed by atoms with E-state index in [0.29, 0.717) is 50.4 Å². The van der Waals surface area contributed by atoms with Crippen LogP contribution in [0.5, 0.6) is 5.75 Å². The SMILES string of the molecule is [2H]c1nc(-c2[c-]c(-c3cccc4c3nc(-c3cc(C)cc(C)c3O)n4-c3ccc(C([2H])([2H])[2H])cc3-c3ccccc3)cc(C(C)(C)C)c2)c([2H])c(-c2c([2H])c([2H])c([2H])c([2H])c2[2H])c1[2H].[Pt]. The van der Waals surface area contributed by atoms with Gasteiger partial charge in [-0.25, -0.2) is 4.98 Å². The Bertz CT molecular complexity index is 3190. The van der Waals surface area contributed by atoms with Gasteiger partial charge in [-0.3, -0.25) is 9.55 Å². The van der Waals surface area contributed by atoms with Crippen molar-refractivity contribution < 1.29 is 41.3 Å². The van der Waals surface area contributed by atoms with Crippen LogP contribution >= 0.6 is 0 Å². The summed E-state index contributed by atoms with van der Waals surface area (Å²) in [6.45, 7) is 7.38. The number of aromatic nitrogens is 3. The summed E-state index contributed by atoms with van der Waals surface area (Å²) >= 11 is 0. The number of aromatic hydroxyl groups is 1. The van der Waals surface area contributed by atoms with Gasteiger partial charge in [0.05, 0.1) is 33.3 Å². The van der Waals surface area contributed by atoms with Crippen LogP contribution in [0.25, 0.3) is 72.7 Å². The molecule has 0 aliphatic carbocycles. The second kappa shape index (κ2) is 14.7. The van der Waals surface area contributed by atoms with E-state index in [1.54, 1.807) is 24.3 Å². The summed E-state index contributed by atoms with van der Waals surface area (Å²) in [4.78, 5) is 9.67. The van der Waals surface area contributed by atoms with E-state index in [1.165, 1.54) is 0 Å². The predicted molar refractivity (Wildman–Crippen MR) is 219 cm³/mol. The molecule has 0 radical (unpaired) electrons. The fraction of sp³-hybridized carbons (Fsp3) is 0.143. The summed E-state index contributed by atoms with van der Waals surface area (Å²) in [5.41, 5.74) is 6.20. The Morgan fingerprint density at radius 3 is 2.26 bits per heavy atom. The second-order valence-corrected chi connectivity index (χ2v) is 14.2. The van der Waals surface area contributed by atoms with E-state index in [2.05, 4.69) is 11.1 Å². The van der Waals surface area contributed by atoms with Crippen LogP contribution in [0.1, 0.15) is 58.1 Å². The van der Waals surface area contributed by atoms with E-state index in [-0.39, 0.29) is 54.8 Å². The van der Waals surface area contributed by atoms with Crippen molar-refractivity contribution in [1.29, 1.82) is 0 Å². The van der Waals surface area contributed by atoms with Crippen LogP contribution < -0.4 is 0 Å². The number of phenols is 1. The third-order valence-electron chi connectivity index (χ3n) is 9.32. The first-order chi connectivity index (χ1) is 30.1. The molecule has 0 saturated carbocycles. The maximum Gasteiger partial charge on any atom is 0.148 e. The molecule has 1 N–H and O–H groups in total. The van der Waals surface area contributed by atoms with Crippen LogP contribution in [0.4, 0.5) is 0 Å². The molecule has 0 spiro atoms. The molecule has 5 heteroatoms. The first-order valence-electron chi connectivity index (χ1n) is 22.7. The molecule has 8 aromatic rings. The third kappa shape index (κ3) is 6.95. The molecular formula is C49H42N3OPt-. The van der Waals surface area contributed by atoms with Gasteiger partial charge in [0.2, 0.25) is 0 Å². The van der Waals surface area contributed by atoms with Crippen molar-refractivity contribution in [3.63, 3.8) is 0 Å². The number of phenolic OH excluding ortho intramolecular Hbond substituents is 1. The van der Waals surface area contributed by atoms with Gasteiger partial charge in [0.15, 0.2) is 0 Å². The van der Waals surface area contributed by atoms with Gasteiger partial charge in [-0.15, -0.1) is 29.3 Å². The molecule has 2 aromatic heterocycles. The van der Waals surface area contributed by atoms with Crippen LogP contribution in [0.3, 0.4) is 0 Å². The fourth-order valence-electron chi connectivity index (χ4n) is 6.67. The molecule has 54 heavy (non-hydrogen) atoms. The van der Waals surface area contributed by atoms with E-state index in [1.807, 2.05) is 106 Å². The molecule has 6 aromatic carbocycles.